The molecule has 0 unspecified atom stereocenters. The smallest absolute Gasteiger partial charge is 0.261 e. The van der Waals surface area contributed by atoms with E-state index < -0.39 is 0 Å². The Balaban J connectivity index is 1.67. The van der Waals surface area contributed by atoms with Gasteiger partial charge in [-0.3, -0.25) is 9.20 Å². The average molecular weight is 309 g/mol. The summed E-state index contributed by atoms with van der Waals surface area (Å²) < 4.78 is 2.01. The van der Waals surface area contributed by atoms with Crippen LogP contribution in [0.2, 0.25) is 0 Å². The summed E-state index contributed by atoms with van der Waals surface area (Å²) in [6, 6.07) is 1.90. The number of unbranched alkanes of at least 4 members (excludes halogenated alkanes) is 2. The van der Waals surface area contributed by atoms with Crippen molar-refractivity contribution in [3.8, 4) is 0 Å². The number of aromatic nitrogens is 2. The number of carbonyl (C=O) groups excluding carboxylic acids is 1. The number of aliphatic hydroxyl groups is 1. The molecule has 0 saturated carbocycles. The topological polar surface area (TPSA) is 66.6 Å². The highest BCUT2D eigenvalue weighted by atomic mass is 32.1. The van der Waals surface area contributed by atoms with Crippen molar-refractivity contribution in [3.63, 3.8) is 0 Å². The molecule has 0 fully saturated rings. The van der Waals surface area contributed by atoms with Crippen LogP contribution in [-0.4, -0.2) is 33.6 Å². The Morgan fingerprint density at radius 1 is 1.40 bits per heavy atom. The maximum absolute atomic E-state index is 12.0. The molecule has 0 atom stereocenters. The van der Waals surface area contributed by atoms with E-state index in [1.165, 1.54) is 11.3 Å². The van der Waals surface area contributed by atoms with Crippen molar-refractivity contribution in [1.82, 2.24) is 14.7 Å². The molecule has 3 heterocycles. The summed E-state index contributed by atoms with van der Waals surface area (Å²) in [6.07, 6.45) is 4.59. The molecule has 1 amide bonds. The van der Waals surface area contributed by atoms with Crippen molar-refractivity contribution >= 4 is 43.9 Å². The molecule has 0 saturated heterocycles. The van der Waals surface area contributed by atoms with E-state index in [0.717, 1.165) is 34.6 Å². The number of thiazole rings is 1. The molecule has 0 radical (unpaired) electrons. The molecule has 0 aromatic carbocycles. The lowest BCUT2D eigenvalue weighted by molar-refractivity contribution is 0.0957. The number of hydrogen-bond donors (Lipinski definition) is 2. The number of nitrogens with one attached hydrogen (secondary N) is 1. The number of thiophene rings is 1. The molecule has 3 aromatic rings. The van der Waals surface area contributed by atoms with E-state index in [9.17, 15) is 4.79 Å². The normalized spacial score (nSPS) is 11.4. The van der Waals surface area contributed by atoms with Crippen molar-refractivity contribution < 1.29 is 9.90 Å². The molecule has 0 spiro atoms. The molecule has 0 aliphatic carbocycles. The highest BCUT2D eigenvalue weighted by Gasteiger charge is 2.14. The van der Waals surface area contributed by atoms with Gasteiger partial charge in [0, 0.05) is 24.7 Å². The second kappa shape index (κ2) is 5.90. The number of imidazole rings is 1. The van der Waals surface area contributed by atoms with Crippen molar-refractivity contribution in [2.75, 3.05) is 13.2 Å². The van der Waals surface area contributed by atoms with Crippen molar-refractivity contribution in [3.05, 3.63) is 22.5 Å². The summed E-state index contributed by atoms with van der Waals surface area (Å²) in [4.78, 5) is 19.1. The maximum atomic E-state index is 12.0. The molecule has 0 aliphatic rings. The molecule has 106 valence electrons. The largest absolute Gasteiger partial charge is 0.396 e. The van der Waals surface area contributed by atoms with Crippen molar-refractivity contribution in [2.24, 2.45) is 0 Å². The summed E-state index contributed by atoms with van der Waals surface area (Å²) in [5, 5.41) is 13.6. The van der Waals surface area contributed by atoms with Gasteiger partial charge >= 0.3 is 0 Å². The Kier molecular flexibility index (Phi) is 4.00. The molecule has 0 bridgehead atoms. The first kappa shape index (κ1) is 13.5. The molecule has 0 aliphatic heterocycles. The van der Waals surface area contributed by atoms with Gasteiger partial charge in [-0.2, -0.15) is 0 Å². The molecule has 20 heavy (non-hydrogen) atoms. The predicted octanol–water partition coefficient (Wildman–Crippen LogP) is 2.50. The Labute approximate surface area is 123 Å². The minimum absolute atomic E-state index is 0.0408. The van der Waals surface area contributed by atoms with E-state index in [4.69, 9.17) is 5.11 Å². The summed E-state index contributed by atoms with van der Waals surface area (Å²) in [5.41, 5.74) is 0.997. The van der Waals surface area contributed by atoms with E-state index in [-0.39, 0.29) is 12.5 Å². The van der Waals surface area contributed by atoms with Crippen molar-refractivity contribution in [1.29, 1.82) is 0 Å². The van der Waals surface area contributed by atoms with Crippen LogP contribution in [0.5, 0.6) is 0 Å². The Hall–Kier alpha value is -1.44. The summed E-state index contributed by atoms with van der Waals surface area (Å²) in [6.45, 7) is 0.864. The Bertz CT molecular complexity index is 728. The van der Waals surface area contributed by atoms with Crippen LogP contribution in [0.1, 0.15) is 28.9 Å². The fraction of sp³-hybridized carbons (Fsp3) is 0.385. The zero-order chi connectivity index (χ0) is 13.9. The van der Waals surface area contributed by atoms with Crippen LogP contribution < -0.4 is 5.32 Å². The zero-order valence-corrected chi connectivity index (χ0v) is 12.5. The van der Waals surface area contributed by atoms with Gasteiger partial charge in [-0.25, -0.2) is 4.98 Å². The van der Waals surface area contributed by atoms with Crippen LogP contribution in [-0.2, 0) is 0 Å². The van der Waals surface area contributed by atoms with Gasteiger partial charge in [-0.05, 0) is 25.3 Å². The molecule has 7 heteroatoms. The molecule has 5 nitrogen and oxygen atoms in total. The first-order valence-electron chi connectivity index (χ1n) is 6.54. The number of fused-ring (bicyclic) bond motifs is 3. The van der Waals surface area contributed by atoms with Crippen LogP contribution in [0.3, 0.4) is 0 Å². The lowest BCUT2D eigenvalue weighted by Crippen LogP contribution is -2.23. The maximum Gasteiger partial charge on any atom is 0.261 e. The van der Waals surface area contributed by atoms with E-state index in [1.54, 1.807) is 11.3 Å². The zero-order valence-electron chi connectivity index (χ0n) is 10.8. The van der Waals surface area contributed by atoms with E-state index >= 15 is 0 Å². The van der Waals surface area contributed by atoms with E-state index in [1.807, 2.05) is 22.0 Å². The third kappa shape index (κ3) is 2.56. The molecule has 2 N–H and O–H groups in total. The summed E-state index contributed by atoms with van der Waals surface area (Å²) in [7, 11) is 0. The molecule has 3 aromatic heterocycles. The SMILES string of the molecule is O=C(NCCCCCO)c1cc2c(nc3sccn32)s1. The summed E-state index contributed by atoms with van der Waals surface area (Å²) >= 11 is 3.02. The number of nitrogens with zero attached hydrogens (tertiary/aromatic N) is 2. The number of hydrogen-bond acceptors (Lipinski definition) is 5. The van der Waals surface area contributed by atoms with Gasteiger partial charge in [0.15, 0.2) is 4.96 Å². The Morgan fingerprint density at radius 2 is 2.30 bits per heavy atom. The van der Waals surface area contributed by atoms with Gasteiger partial charge in [0.05, 0.1) is 10.4 Å². The molecule has 3 rings (SSSR count). The highest BCUT2D eigenvalue weighted by Crippen LogP contribution is 2.28. The third-order valence-corrected chi connectivity index (χ3v) is 4.86. The molecular formula is C13H15N3O2S2. The highest BCUT2D eigenvalue weighted by molar-refractivity contribution is 7.21. The van der Waals surface area contributed by atoms with Gasteiger partial charge in [0.25, 0.3) is 5.91 Å². The van der Waals surface area contributed by atoms with Gasteiger partial charge in [0.1, 0.15) is 4.83 Å². The quantitative estimate of drug-likeness (QED) is 0.688. The number of aliphatic hydroxyl groups excluding tert-OH is 1. The van der Waals surface area contributed by atoms with E-state index in [0.29, 0.717) is 11.4 Å². The van der Waals surface area contributed by atoms with Gasteiger partial charge in [0.2, 0.25) is 0 Å². The number of rotatable bonds is 6. The van der Waals surface area contributed by atoms with E-state index in [2.05, 4.69) is 10.3 Å². The van der Waals surface area contributed by atoms with Crippen LogP contribution in [0.4, 0.5) is 0 Å². The minimum atomic E-state index is -0.0408. The first-order valence-corrected chi connectivity index (χ1v) is 8.23. The van der Waals surface area contributed by atoms with Crippen LogP contribution >= 0.6 is 22.7 Å². The standard InChI is InChI=1S/C13H15N3O2S2/c17-6-3-1-2-4-14-11(18)10-8-9-12(20-10)15-13-16(9)5-7-19-13/h5,7-8,17H,1-4,6H2,(H,14,18). The monoisotopic (exact) mass is 309 g/mol. The minimum Gasteiger partial charge on any atom is -0.396 e. The number of carbonyl (C=O) groups is 1. The van der Waals surface area contributed by atoms with Crippen LogP contribution in [0, 0.1) is 0 Å². The third-order valence-electron chi connectivity index (χ3n) is 3.08. The lowest BCUT2D eigenvalue weighted by Gasteiger charge is -2.02. The second-order valence-electron chi connectivity index (χ2n) is 4.51. The number of amides is 1. The fourth-order valence-corrected chi connectivity index (χ4v) is 3.78. The Morgan fingerprint density at radius 3 is 3.15 bits per heavy atom. The molecular weight excluding hydrogens is 294 g/mol. The first-order chi connectivity index (χ1) is 9.79. The van der Waals surface area contributed by atoms with Gasteiger partial charge in [-0.15, -0.1) is 22.7 Å². The second-order valence-corrected chi connectivity index (χ2v) is 6.41. The van der Waals surface area contributed by atoms with Crippen molar-refractivity contribution in [2.45, 2.75) is 19.3 Å². The predicted molar refractivity (Wildman–Crippen MR) is 81.7 cm³/mol. The van der Waals surface area contributed by atoms with Gasteiger partial charge in [-0.1, -0.05) is 0 Å². The van der Waals surface area contributed by atoms with Crippen LogP contribution in [0.25, 0.3) is 15.3 Å². The summed E-state index contributed by atoms with van der Waals surface area (Å²) in [5.74, 6) is -0.0408. The van der Waals surface area contributed by atoms with Crippen LogP contribution in [0.15, 0.2) is 17.6 Å². The van der Waals surface area contributed by atoms with Gasteiger partial charge < -0.3 is 10.4 Å². The fourth-order valence-electron chi connectivity index (χ4n) is 2.06. The lowest BCUT2D eigenvalue weighted by atomic mass is 10.2. The average Bonchev–Trinajstić information content (AvgIpc) is 3.09.